The van der Waals surface area contributed by atoms with Crippen molar-refractivity contribution in [3.05, 3.63) is 45.1 Å². The molecule has 1 aromatic carbocycles. The summed E-state index contributed by atoms with van der Waals surface area (Å²) in [6.07, 6.45) is 0.412. The maximum atomic E-state index is 13.5. The summed E-state index contributed by atoms with van der Waals surface area (Å²) in [7, 11) is -4.09. The van der Waals surface area contributed by atoms with E-state index in [1.54, 1.807) is 12.1 Å². The predicted octanol–water partition coefficient (Wildman–Crippen LogP) is 2.78. The van der Waals surface area contributed by atoms with Crippen LogP contribution >= 0.6 is 22.9 Å². The molecular formula is C12H11ClF2N2O2S2. The van der Waals surface area contributed by atoms with E-state index in [0.29, 0.717) is 16.8 Å². The van der Waals surface area contributed by atoms with Crippen LogP contribution in [-0.4, -0.2) is 15.0 Å². The minimum absolute atomic E-state index is 0.0654. The van der Waals surface area contributed by atoms with E-state index in [4.69, 9.17) is 17.3 Å². The van der Waals surface area contributed by atoms with E-state index < -0.39 is 32.2 Å². The molecule has 1 aromatic heterocycles. The first-order valence-electron chi connectivity index (χ1n) is 5.78. The van der Waals surface area contributed by atoms with E-state index in [0.717, 1.165) is 10.9 Å². The zero-order valence-corrected chi connectivity index (χ0v) is 13.0. The molecule has 3 N–H and O–H groups in total. The quantitative estimate of drug-likeness (QED) is 0.813. The van der Waals surface area contributed by atoms with Gasteiger partial charge in [-0.25, -0.2) is 21.9 Å². The molecule has 4 nitrogen and oxygen atoms in total. The smallest absolute Gasteiger partial charge is 0.243 e. The van der Waals surface area contributed by atoms with Crippen molar-refractivity contribution >= 4 is 38.6 Å². The summed E-state index contributed by atoms with van der Waals surface area (Å²) >= 11 is 7.09. The van der Waals surface area contributed by atoms with E-state index in [9.17, 15) is 17.2 Å². The molecule has 1 heterocycles. The highest BCUT2D eigenvalue weighted by Gasteiger charge is 2.20. The number of nitrogens with two attached hydrogens (primary N) is 1. The molecule has 0 aliphatic carbocycles. The van der Waals surface area contributed by atoms with Crippen LogP contribution in [0, 0.1) is 11.6 Å². The van der Waals surface area contributed by atoms with E-state index in [2.05, 4.69) is 4.72 Å². The standard InChI is InChI=1S/C12H11ClF2N2O2S2/c13-12-2-1-7(20-12)3-4-17-21(18,19)11-6-10(16)8(14)5-9(11)15/h1-2,5-6,17H,3-4,16H2. The van der Waals surface area contributed by atoms with Crippen LogP contribution in [0.25, 0.3) is 0 Å². The molecule has 114 valence electrons. The molecule has 0 aliphatic rings. The van der Waals surface area contributed by atoms with Crippen molar-refractivity contribution in [2.75, 3.05) is 12.3 Å². The van der Waals surface area contributed by atoms with E-state index >= 15 is 0 Å². The Morgan fingerprint density at radius 3 is 2.57 bits per heavy atom. The molecule has 0 unspecified atom stereocenters. The second-order valence-corrected chi connectivity index (χ2v) is 7.69. The third-order valence-electron chi connectivity index (χ3n) is 2.63. The highest BCUT2D eigenvalue weighted by molar-refractivity contribution is 7.89. The van der Waals surface area contributed by atoms with Crippen LogP contribution in [-0.2, 0) is 16.4 Å². The fraction of sp³-hybridized carbons (Fsp3) is 0.167. The molecule has 0 spiro atoms. The summed E-state index contributed by atoms with van der Waals surface area (Å²) < 4.78 is 53.3. The maximum absolute atomic E-state index is 13.5. The van der Waals surface area contributed by atoms with Crippen molar-refractivity contribution in [2.45, 2.75) is 11.3 Å². The van der Waals surface area contributed by atoms with Crippen molar-refractivity contribution in [3.8, 4) is 0 Å². The van der Waals surface area contributed by atoms with Gasteiger partial charge in [-0.05, 0) is 24.6 Å². The Morgan fingerprint density at radius 2 is 1.95 bits per heavy atom. The lowest BCUT2D eigenvalue weighted by Gasteiger charge is -2.08. The van der Waals surface area contributed by atoms with Gasteiger partial charge in [0.15, 0.2) is 0 Å². The normalized spacial score (nSPS) is 11.8. The lowest BCUT2D eigenvalue weighted by atomic mass is 10.3. The zero-order chi connectivity index (χ0) is 15.6. The highest BCUT2D eigenvalue weighted by atomic mass is 35.5. The Hall–Kier alpha value is -1.22. The molecule has 21 heavy (non-hydrogen) atoms. The average Bonchev–Trinajstić information content (AvgIpc) is 2.79. The van der Waals surface area contributed by atoms with Crippen LogP contribution in [0.15, 0.2) is 29.2 Å². The molecule has 0 bridgehead atoms. The molecule has 2 aromatic rings. The molecule has 0 aliphatic heterocycles. The number of hydrogen-bond donors (Lipinski definition) is 2. The second kappa shape index (κ2) is 6.27. The number of nitrogens with one attached hydrogen (secondary N) is 1. The summed E-state index contributed by atoms with van der Waals surface area (Å²) in [6.45, 7) is 0.0654. The van der Waals surface area contributed by atoms with Crippen LogP contribution in [0.2, 0.25) is 4.34 Å². The van der Waals surface area contributed by atoms with Gasteiger partial charge in [-0.1, -0.05) is 11.6 Å². The van der Waals surface area contributed by atoms with Crippen molar-refractivity contribution in [1.29, 1.82) is 0 Å². The third-order valence-corrected chi connectivity index (χ3v) is 5.40. The number of halogens is 3. The van der Waals surface area contributed by atoms with Gasteiger partial charge in [0.1, 0.15) is 16.5 Å². The van der Waals surface area contributed by atoms with Crippen molar-refractivity contribution in [1.82, 2.24) is 4.72 Å². The van der Waals surface area contributed by atoms with Crippen molar-refractivity contribution in [3.63, 3.8) is 0 Å². The topological polar surface area (TPSA) is 72.2 Å². The average molecular weight is 353 g/mol. The molecule has 0 atom stereocenters. The summed E-state index contributed by atoms with van der Waals surface area (Å²) in [5.74, 6) is -2.19. The molecular weight excluding hydrogens is 342 g/mol. The molecule has 0 fully saturated rings. The Morgan fingerprint density at radius 1 is 1.24 bits per heavy atom. The Kier molecular flexibility index (Phi) is 4.82. The van der Waals surface area contributed by atoms with Gasteiger partial charge >= 0.3 is 0 Å². The number of rotatable bonds is 5. The minimum atomic E-state index is -4.09. The number of thiophene rings is 1. The largest absolute Gasteiger partial charge is 0.396 e. The Balaban J connectivity index is 2.10. The van der Waals surface area contributed by atoms with Crippen molar-refractivity contribution in [2.24, 2.45) is 0 Å². The van der Waals surface area contributed by atoms with Crippen LogP contribution in [0.1, 0.15) is 4.88 Å². The van der Waals surface area contributed by atoms with Gasteiger partial charge in [-0.3, -0.25) is 0 Å². The molecule has 0 saturated carbocycles. The highest BCUT2D eigenvalue weighted by Crippen LogP contribution is 2.22. The monoisotopic (exact) mass is 352 g/mol. The first kappa shape index (κ1) is 16.2. The van der Waals surface area contributed by atoms with Crippen LogP contribution in [0.3, 0.4) is 0 Å². The van der Waals surface area contributed by atoms with Gasteiger partial charge in [0, 0.05) is 17.5 Å². The van der Waals surface area contributed by atoms with Gasteiger partial charge in [0.05, 0.1) is 10.0 Å². The van der Waals surface area contributed by atoms with Gasteiger partial charge in [0.2, 0.25) is 10.0 Å². The van der Waals surface area contributed by atoms with E-state index in [-0.39, 0.29) is 6.54 Å². The van der Waals surface area contributed by atoms with Crippen LogP contribution in [0.4, 0.5) is 14.5 Å². The summed E-state index contributed by atoms with van der Waals surface area (Å²) in [5.41, 5.74) is 4.83. The van der Waals surface area contributed by atoms with E-state index in [1.807, 2.05) is 0 Å². The lowest BCUT2D eigenvalue weighted by Crippen LogP contribution is -2.27. The Labute approximate surface area is 129 Å². The molecule has 2 rings (SSSR count). The third kappa shape index (κ3) is 3.91. The maximum Gasteiger partial charge on any atom is 0.243 e. The van der Waals surface area contributed by atoms with Crippen LogP contribution < -0.4 is 10.5 Å². The first-order chi connectivity index (χ1) is 9.79. The van der Waals surface area contributed by atoms with Crippen LogP contribution in [0.5, 0.6) is 0 Å². The number of nitrogen functional groups attached to an aromatic ring is 1. The van der Waals surface area contributed by atoms with Gasteiger partial charge in [0.25, 0.3) is 0 Å². The van der Waals surface area contributed by atoms with E-state index in [1.165, 1.54) is 11.3 Å². The lowest BCUT2D eigenvalue weighted by molar-refractivity contribution is 0.545. The fourth-order valence-corrected chi connectivity index (χ4v) is 3.83. The SMILES string of the molecule is Nc1cc(S(=O)(=O)NCCc2ccc(Cl)s2)c(F)cc1F. The zero-order valence-electron chi connectivity index (χ0n) is 10.6. The number of anilines is 1. The summed E-state index contributed by atoms with van der Waals surface area (Å²) in [4.78, 5) is 0.215. The van der Waals surface area contributed by atoms with Crippen molar-refractivity contribution < 1.29 is 17.2 Å². The number of hydrogen-bond acceptors (Lipinski definition) is 4. The molecule has 0 radical (unpaired) electrons. The molecule has 0 amide bonds. The predicted molar refractivity (Wildman–Crippen MR) is 79.0 cm³/mol. The molecule has 0 saturated heterocycles. The Bertz CT molecular complexity index is 763. The number of sulfonamides is 1. The summed E-state index contributed by atoms with van der Waals surface area (Å²) in [5, 5.41) is 0. The van der Waals surface area contributed by atoms with Gasteiger partial charge in [-0.2, -0.15) is 0 Å². The first-order valence-corrected chi connectivity index (χ1v) is 8.46. The van der Waals surface area contributed by atoms with Gasteiger partial charge < -0.3 is 5.73 Å². The molecule has 9 heteroatoms. The number of benzene rings is 1. The summed E-state index contributed by atoms with van der Waals surface area (Å²) in [6, 6.07) is 4.69. The fourth-order valence-electron chi connectivity index (χ4n) is 1.62. The minimum Gasteiger partial charge on any atom is -0.396 e. The second-order valence-electron chi connectivity index (χ2n) is 4.16. The van der Waals surface area contributed by atoms with Gasteiger partial charge in [-0.15, -0.1) is 11.3 Å².